The summed E-state index contributed by atoms with van der Waals surface area (Å²) in [6, 6.07) is 0. The third-order valence-electron chi connectivity index (χ3n) is 2.93. The van der Waals surface area contributed by atoms with E-state index in [9.17, 15) is 14.7 Å². The van der Waals surface area contributed by atoms with Gasteiger partial charge in [-0.25, -0.2) is 4.79 Å². The second-order valence-corrected chi connectivity index (χ2v) is 5.67. The molecular formula is C12H17N3O4. The van der Waals surface area contributed by atoms with Gasteiger partial charge in [0, 0.05) is 19.3 Å². The van der Waals surface area contributed by atoms with Gasteiger partial charge in [0.25, 0.3) is 0 Å². The highest BCUT2D eigenvalue weighted by Gasteiger charge is 2.41. The average molecular weight is 267 g/mol. The highest BCUT2D eigenvalue weighted by atomic mass is 16.6. The molecule has 1 amide bonds. The van der Waals surface area contributed by atoms with Crippen LogP contribution in [0.5, 0.6) is 0 Å². The first-order valence-electron chi connectivity index (χ1n) is 6.09. The fourth-order valence-electron chi connectivity index (χ4n) is 2.11. The monoisotopic (exact) mass is 267 g/mol. The molecule has 0 saturated carbocycles. The number of likely N-dealkylation sites (tertiary alicyclic amines) is 1. The van der Waals surface area contributed by atoms with Crippen LogP contribution < -0.4 is 0 Å². The Morgan fingerprint density at radius 2 is 2.11 bits per heavy atom. The normalized spacial score (nSPS) is 25.8. The Hall–Kier alpha value is -1.92. The standard InChI is InChI=1S/C12H17N3O4/c1-12(2,3)19-11(18)15-5-7-4-13-14-9(7)8(6-15)10(16)17/h4,7-8H,5-6H2,1-3H3,(H,16,17). The first-order valence-corrected chi connectivity index (χ1v) is 6.09. The second kappa shape index (κ2) is 4.64. The summed E-state index contributed by atoms with van der Waals surface area (Å²) >= 11 is 0. The molecule has 104 valence electrons. The summed E-state index contributed by atoms with van der Waals surface area (Å²) in [6.45, 7) is 5.75. The van der Waals surface area contributed by atoms with Gasteiger partial charge in [-0.3, -0.25) is 4.79 Å². The van der Waals surface area contributed by atoms with Crippen LogP contribution in [0.4, 0.5) is 4.79 Å². The molecule has 0 aliphatic carbocycles. The van der Waals surface area contributed by atoms with Gasteiger partial charge >= 0.3 is 12.1 Å². The highest BCUT2D eigenvalue weighted by Crippen LogP contribution is 2.24. The number of aliphatic carboxylic acids is 1. The van der Waals surface area contributed by atoms with E-state index in [1.54, 1.807) is 27.0 Å². The molecule has 1 N–H and O–H groups in total. The smallest absolute Gasteiger partial charge is 0.410 e. The highest BCUT2D eigenvalue weighted by molar-refractivity contribution is 6.12. The van der Waals surface area contributed by atoms with Crippen LogP contribution in [0, 0.1) is 11.8 Å². The molecule has 7 nitrogen and oxygen atoms in total. The van der Waals surface area contributed by atoms with Crippen molar-refractivity contribution in [3.05, 3.63) is 0 Å². The Morgan fingerprint density at radius 3 is 2.68 bits per heavy atom. The van der Waals surface area contributed by atoms with Crippen molar-refractivity contribution < 1.29 is 19.4 Å². The van der Waals surface area contributed by atoms with E-state index in [1.807, 2.05) is 0 Å². The van der Waals surface area contributed by atoms with Gasteiger partial charge in [0.15, 0.2) is 0 Å². The predicted molar refractivity (Wildman–Crippen MR) is 68.3 cm³/mol. The van der Waals surface area contributed by atoms with E-state index in [2.05, 4.69) is 10.2 Å². The molecule has 2 aliphatic heterocycles. The molecule has 1 saturated heterocycles. The zero-order valence-corrected chi connectivity index (χ0v) is 11.2. The topological polar surface area (TPSA) is 91.6 Å². The summed E-state index contributed by atoms with van der Waals surface area (Å²) in [5, 5.41) is 16.8. The van der Waals surface area contributed by atoms with Crippen LogP contribution in [0.1, 0.15) is 20.8 Å². The maximum absolute atomic E-state index is 12.0. The number of nitrogens with zero attached hydrogens (tertiary/aromatic N) is 3. The van der Waals surface area contributed by atoms with E-state index in [4.69, 9.17) is 4.74 Å². The molecule has 0 aromatic heterocycles. The number of hydrogen-bond acceptors (Lipinski definition) is 5. The number of carbonyl (C=O) groups excluding carboxylic acids is 1. The van der Waals surface area contributed by atoms with Crippen LogP contribution in [0.25, 0.3) is 0 Å². The van der Waals surface area contributed by atoms with Crippen molar-refractivity contribution in [1.29, 1.82) is 0 Å². The van der Waals surface area contributed by atoms with Crippen molar-refractivity contribution in [3.8, 4) is 0 Å². The van der Waals surface area contributed by atoms with Gasteiger partial charge in [-0.1, -0.05) is 0 Å². The number of carboxylic acid groups (broad SMARTS) is 1. The summed E-state index contributed by atoms with van der Waals surface area (Å²) in [5.74, 6) is -2.03. The first-order chi connectivity index (χ1) is 8.78. The maximum atomic E-state index is 12.0. The van der Waals surface area contributed by atoms with Crippen molar-refractivity contribution in [3.63, 3.8) is 0 Å². The van der Waals surface area contributed by atoms with Crippen LogP contribution in [0.3, 0.4) is 0 Å². The fraction of sp³-hybridized carbons (Fsp3) is 0.667. The minimum absolute atomic E-state index is 0.0724. The lowest BCUT2D eigenvalue weighted by Crippen LogP contribution is -2.52. The van der Waals surface area contributed by atoms with Gasteiger partial charge in [-0.2, -0.15) is 10.2 Å². The van der Waals surface area contributed by atoms with Crippen LogP contribution in [0.15, 0.2) is 10.2 Å². The van der Waals surface area contributed by atoms with E-state index >= 15 is 0 Å². The number of carbonyl (C=O) groups is 2. The van der Waals surface area contributed by atoms with E-state index < -0.39 is 23.6 Å². The number of amides is 1. The molecule has 2 unspecified atom stereocenters. The average Bonchev–Trinajstić information content (AvgIpc) is 2.72. The summed E-state index contributed by atoms with van der Waals surface area (Å²) in [7, 11) is 0. The molecule has 0 radical (unpaired) electrons. The van der Waals surface area contributed by atoms with Gasteiger partial charge in [-0.15, -0.1) is 0 Å². The summed E-state index contributed by atoms with van der Waals surface area (Å²) < 4.78 is 5.26. The lowest BCUT2D eigenvalue weighted by molar-refractivity contribution is -0.140. The summed E-state index contributed by atoms with van der Waals surface area (Å²) in [6.07, 6.45) is 1.07. The van der Waals surface area contributed by atoms with Crippen LogP contribution in [0.2, 0.25) is 0 Å². The van der Waals surface area contributed by atoms with Gasteiger partial charge in [0.1, 0.15) is 11.5 Å². The zero-order chi connectivity index (χ0) is 14.2. The van der Waals surface area contributed by atoms with Crippen LogP contribution >= 0.6 is 0 Å². The molecule has 2 aliphatic rings. The third kappa shape index (κ3) is 2.91. The van der Waals surface area contributed by atoms with E-state index in [-0.39, 0.29) is 12.5 Å². The number of carboxylic acids is 1. The van der Waals surface area contributed by atoms with Gasteiger partial charge in [0.2, 0.25) is 0 Å². The number of hydrogen-bond donors (Lipinski definition) is 1. The molecule has 0 aromatic rings. The SMILES string of the molecule is CC(C)(C)OC(=O)N1CC2C=NN=C2C(C(=O)O)C1. The minimum atomic E-state index is -0.998. The second-order valence-electron chi connectivity index (χ2n) is 5.67. The number of piperidine rings is 1. The van der Waals surface area contributed by atoms with E-state index in [0.717, 1.165) is 0 Å². The Balaban J connectivity index is 2.12. The largest absolute Gasteiger partial charge is 0.481 e. The molecule has 1 fully saturated rings. The molecule has 2 rings (SSSR count). The molecular weight excluding hydrogens is 250 g/mol. The van der Waals surface area contributed by atoms with Crippen molar-refractivity contribution in [1.82, 2.24) is 4.90 Å². The van der Waals surface area contributed by atoms with Crippen LogP contribution in [-0.4, -0.2) is 52.7 Å². The van der Waals surface area contributed by atoms with Crippen molar-refractivity contribution in [2.24, 2.45) is 22.0 Å². The predicted octanol–water partition coefficient (Wildman–Crippen LogP) is 0.994. The van der Waals surface area contributed by atoms with Gasteiger partial charge in [-0.05, 0) is 20.8 Å². The lowest BCUT2D eigenvalue weighted by Gasteiger charge is -2.35. The fourth-order valence-corrected chi connectivity index (χ4v) is 2.11. The van der Waals surface area contributed by atoms with Crippen molar-refractivity contribution in [2.75, 3.05) is 13.1 Å². The Morgan fingerprint density at radius 1 is 1.42 bits per heavy atom. The lowest BCUT2D eigenvalue weighted by atomic mass is 9.88. The van der Waals surface area contributed by atoms with E-state index in [1.165, 1.54) is 4.90 Å². The Kier molecular flexibility index (Phi) is 3.30. The third-order valence-corrected chi connectivity index (χ3v) is 2.93. The van der Waals surface area contributed by atoms with Crippen LogP contribution in [-0.2, 0) is 9.53 Å². The van der Waals surface area contributed by atoms with Crippen molar-refractivity contribution in [2.45, 2.75) is 26.4 Å². The number of fused-ring (bicyclic) bond motifs is 1. The molecule has 0 aromatic carbocycles. The molecule has 19 heavy (non-hydrogen) atoms. The molecule has 2 atom stereocenters. The summed E-state index contributed by atoms with van der Waals surface area (Å²) in [5.41, 5.74) is -0.0826. The Labute approximate surface area is 110 Å². The van der Waals surface area contributed by atoms with Gasteiger partial charge in [0.05, 0.1) is 11.6 Å². The maximum Gasteiger partial charge on any atom is 0.410 e. The number of rotatable bonds is 1. The van der Waals surface area contributed by atoms with E-state index in [0.29, 0.717) is 12.3 Å². The zero-order valence-electron chi connectivity index (χ0n) is 11.2. The molecule has 2 heterocycles. The molecule has 7 heteroatoms. The van der Waals surface area contributed by atoms with Crippen molar-refractivity contribution >= 4 is 24.0 Å². The Bertz CT molecular complexity index is 464. The minimum Gasteiger partial charge on any atom is -0.481 e. The number of ether oxygens (including phenoxy) is 1. The van der Waals surface area contributed by atoms with Gasteiger partial charge < -0.3 is 14.7 Å². The molecule has 0 spiro atoms. The summed E-state index contributed by atoms with van der Waals surface area (Å²) in [4.78, 5) is 24.6. The molecule has 0 bridgehead atoms. The quantitative estimate of drug-likeness (QED) is 0.767. The first kappa shape index (κ1) is 13.5.